The number of anilines is 2. The lowest BCUT2D eigenvalue weighted by Gasteiger charge is -2.20. The fourth-order valence-electron chi connectivity index (χ4n) is 2.66. The average molecular weight is 281 g/mol. The average Bonchev–Trinajstić information content (AvgIpc) is 2.47. The van der Waals surface area contributed by atoms with Crippen LogP contribution in [0.1, 0.15) is 16.7 Å². The summed E-state index contributed by atoms with van der Waals surface area (Å²) in [5.74, 6) is 0. The van der Waals surface area contributed by atoms with Gasteiger partial charge in [0.25, 0.3) is 0 Å². The molecule has 0 aliphatic carbocycles. The number of carbonyl (C=O) groups excluding carboxylic acids is 1. The van der Waals surface area contributed by atoms with Gasteiger partial charge in [-0.25, -0.2) is 4.79 Å². The summed E-state index contributed by atoms with van der Waals surface area (Å²) in [4.78, 5) is 12.1. The fraction of sp³-hybridized carbons (Fsp3) is 0.235. The van der Waals surface area contributed by atoms with Crippen molar-refractivity contribution in [2.75, 3.05) is 17.2 Å². The molecule has 2 amide bonds. The zero-order valence-corrected chi connectivity index (χ0v) is 12.1. The zero-order valence-electron chi connectivity index (χ0n) is 12.1. The van der Waals surface area contributed by atoms with Gasteiger partial charge in [-0.15, -0.1) is 0 Å². The van der Waals surface area contributed by atoms with Crippen molar-refractivity contribution in [3.63, 3.8) is 0 Å². The van der Waals surface area contributed by atoms with E-state index in [4.69, 9.17) is 0 Å². The van der Waals surface area contributed by atoms with E-state index in [-0.39, 0.29) is 6.03 Å². The summed E-state index contributed by atoms with van der Waals surface area (Å²) >= 11 is 0. The Morgan fingerprint density at radius 1 is 1.14 bits per heavy atom. The van der Waals surface area contributed by atoms with Crippen LogP contribution in [-0.4, -0.2) is 12.6 Å². The number of rotatable bonds is 2. The van der Waals surface area contributed by atoms with Crippen LogP contribution in [0.2, 0.25) is 0 Å². The molecule has 0 atom stereocenters. The van der Waals surface area contributed by atoms with Crippen LogP contribution in [0.3, 0.4) is 0 Å². The number of hydrogen-bond donors (Lipinski definition) is 3. The summed E-state index contributed by atoms with van der Waals surface area (Å²) in [7, 11) is 0. The predicted molar refractivity (Wildman–Crippen MR) is 85.7 cm³/mol. The molecule has 1 aliphatic rings. The second kappa shape index (κ2) is 5.97. The van der Waals surface area contributed by atoms with Gasteiger partial charge >= 0.3 is 6.03 Å². The van der Waals surface area contributed by atoms with Gasteiger partial charge in [0, 0.05) is 17.9 Å². The number of amides is 2. The molecule has 0 saturated heterocycles. The minimum atomic E-state index is -0.201. The number of hydrogen-bond acceptors (Lipinski definition) is 2. The summed E-state index contributed by atoms with van der Waals surface area (Å²) in [6, 6.07) is 13.6. The van der Waals surface area contributed by atoms with E-state index in [0.29, 0.717) is 0 Å². The van der Waals surface area contributed by atoms with Crippen molar-refractivity contribution in [3.05, 3.63) is 59.2 Å². The van der Waals surface area contributed by atoms with Crippen LogP contribution in [0.25, 0.3) is 0 Å². The molecule has 108 valence electrons. The van der Waals surface area contributed by atoms with E-state index in [1.54, 1.807) is 0 Å². The van der Waals surface area contributed by atoms with Crippen LogP contribution < -0.4 is 16.0 Å². The van der Waals surface area contributed by atoms with E-state index in [9.17, 15) is 4.79 Å². The molecule has 1 aliphatic heterocycles. The molecule has 1 heterocycles. The molecule has 21 heavy (non-hydrogen) atoms. The van der Waals surface area contributed by atoms with Crippen LogP contribution in [0, 0.1) is 6.92 Å². The third-order valence-electron chi connectivity index (χ3n) is 3.66. The second-order valence-corrected chi connectivity index (χ2v) is 5.32. The molecule has 3 rings (SSSR count). The molecule has 0 aromatic heterocycles. The van der Waals surface area contributed by atoms with Gasteiger partial charge in [-0.3, -0.25) is 0 Å². The van der Waals surface area contributed by atoms with Gasteiger partial charge in [-0.05, 0) is 54.8 Å². The number of aryl methyl sites for hydroxylation is 1. The highest BCUT2D eigenvalue weighted by Crippen LogP contribution is 2.23. The number of carbonyl (C=O) groups is 1. The zero-order chi connectivity index (χ0) is 14.7. The summed E-state index contributed by atoms with van der Waals surface area (Å²) < 4.78 is 0. The Bertz CT molecular complexity index is 667. The summed E-state index contributed by atoms with van der Waals surface area (Å²) in [5.41, 5.74) is 5.32. The number of benzene rings is 2. The fourth-order valence-corrected chi connectivity index (χ4v) is 2.66. The Morgan fingerprint density at radius 3 is 2.86 bits per heavy atom. The Kier molecular flexibility index (Phi) is 3.88. The van der Waals surface area contributed by atoms with Crippen LogP contribution in [0.15, 0.2) is 42.5 Å². The lowest BCUT2D eigenvalue weighted by Crippen LogP contribution is -2.26. The molecule has 3 N–H and O–H groups in total. The number of fused-ring (bicyclic) bond motifs is 1. The molecule has 2 aromatic carbocycles. The highest BCUT2D eigenvalue weighted by atomic mass is 16.2. The predicted octanol–water partition coefficient (Wildman–Crippen LogP) is 3.28. The van der Waals surface area contributed by atoms with Gasteiger partial charge < -0.3 is 16.0 Å². The minimum Gasteiger partial charge on any atom is -0.312 e. The number of nitrogens with one attached hydrogen (secondary N) is 3. The topological polar surface area (TPSA) is 53.2 Å². The second-order valence-electron chi connectivity index (χ2n) is 5.32. The third-order valence-corrected chi connectivity index (χ3v) is 3.66. The Morgan fingerprint density at radius 2 is 2.00 bits per heavy atom. The Hall–Kier alpha value is -2.33. The van der Waals surface area contributed by atoms with E-state index in [1.165, 1.54) is 11.1 Å². The smallest absolute Gasteiger partial charge is 0.312 e. The first-order valence-electron chi connectivity index (χ1n) is 7.18. The van der Waals surface area contributed by atoms with Crippen molar-refractivity contribution in [1.82, 2.24) is 5.32 Å². The molecule has 2 aromatic rings. The van der Waals surface area contributed by atoms with Crippen molar-refractivity contribution in [3.8, 4) is 0 Å². The summed E-state index contributed by atoms with van der Waals surface area (Å²) in [6.07, 6.45) is 0.941. The third kappa shape index (κ3) is 3.23. The number of urea groups is 1. The van der Waals surface area contributed by atoms with Crippen LogP contribution in [-0.2, 0) is 13.0 Å². The van der Waals surface area contributed by atoms with Crippen molar-refractivity contribution in [2.45, 2.75) is 19.9 Å². The standard InChI is InChI=1S/C17H19N3O/c1-12-4-2-6-14(10-12)19-17(21)20-16-7-3-5-13-11-18-9-8-15(13)16/h2-7,10,18H,8-9,11H2,1H3,(H2,19,20,21). The molecule has 0 bridgehead atoms. The maximum absolute atomic E-state index is 12.1. The van der Waals surface area contributed by atoms with E-state index in [1.807, 2.05) is 43.3 Å². The van der Waals surface area contributed by atoms with Crippen LogP contribution in [0.4, 0.5) is 16.2 Å². The van der Waals surface area contributed by atoms with Crippen LogP contribution in [0.5, 0.6) is 0 Å². The maximum atomic E-state index is 12.1. The van der Waals surface area contributed by atoms with Gasteiger partial charge in [0.1, 0.15) is 0 Å². The quantitative estimate of drug-likeness (QED) is 0.791. The SMILES string of the molecule is Cc1cccc(NC(=O)Nc2cccc3c2CCNC3)c1. The van der Waals surface area contributed by atoms with Crippen molar-refractivity contribution >= 4 is 17.4 Å². The molecule has 0 saturated carbocycles. The van der Waals surface area contributed by atoms with Gasteiger partial charge in [-0.2, -0.15) is 0 Å². The molecule has 0 spiro atoms. The first kappa shape index (κ1) is 13.6. The van der Waals surface area contributed by atoms with E-state index in [0.717, 1.165) is 36.4 Å². The van der Waals surface area contributed by atoms with Gasteiger partial charge in [0.05, 0.1) is 0 Å². The Labute approximate surface area is 124 Å². The van der Waals surface area contributed by atoms with Crippen LogP contribution >= 0.6 is 0 Å². The lowest BCUT2D eigenvalue weighted by molar-refractivity contribution is 0.262. The van der Waals surface area contributed by atoms with Gasteiger partial charge in [0.2, 0.25) is 0 Å². The summed E-state index contributed by atoms with van der Waals surface area (Å²) in [5, 5.41) is 9.17. The van der Waals surface area contributed by atoms with E-state index in [2.05, 4.69) is 22.0 Å². The molecule has 0 radical (unpaired) electrons. The molecular weight excluding hydrogens is 262 g/mol. The van der Waals surface area contributed by atoms with E-state index >= 15 is 0 Å². The normalized spacial score (nSPS) is 13.4. The molecule has 4 nitrogen and oxygen atoms in total. The minimum absolute atomic E-state index is 0.201. The van der Waals surface area contributed by atoms with Crippen molar-refractivity contribution in [2.24, 2.45) is 0 Å². The van der Waals surface area contributed by atoms with Crippen molar-refractivity contribution < 1.29 is 4.79 Å². The highest BCUT2D eigenvalue weighted by Gasteiger charge is 2.14. The maximum Gasteiger partial charge on any atom is 0.323 e. The molecule has 0 fully saturated rings. The molecular formula is C17H19N3O. The van der Waals surface area contributed by atoms with E-state index < -0.39 is 0 Å². The largest absolute Gasteiger partial charge is 0.323 e. The monoisotopic (exact) mass is 281 g/mol. The first-order chi connectivity index (χ1) is 10.2. The lowest BCUT2D eigenvalue weighted by atomic mass is 9.99. The van der Waals surface area contributed by atoms with Gasteiger partial charge in [0.15, 0.2) is 0 Å². The van der Waals surface area contributed by atoms with Crippen molar-refractivity contribution in [1.29, 1.82) is 0 Å². The summed E-state index contributed by atoms with van der Waals surface area (Å²) in [6.45, 7) is 3.82. The molecule has 0 unspecified atom stereocenters. The first-order valence-corrected chi connectivity index (χ1v) is 7.18. The Balaban J connectivity index is 1.73. The molecule has 4 heteroatoms. The highest BCUT2D eigenvalue weighted by molar-refractivity contribution is 6.00. The van der Waals surface area contributed by atoms with Gasteiger partial charge in [-0.1, -0.05) is 24.3 Å².